The standard InChI is InChI=1S/C9H18N2O4S/c1-7(2)10(3)16(14,15)11-6-4-5-8(11)9(12)13/h7-8H,4-6H2,1-3H3,(H,12,13)/t8-/m0/s1. The molecule has 0 aromatic rings. The van der Waals surface area contributed by atoms with Crippen molar-refractivity contribution in [1.29, 1.82) is 0 Å². The molecule has 0 bridgehead atoms. The molecule has 1 rings (SSSR count). The van der Waals surface area contributed by atoms with E-state index in [2.05, 4.69) is 0 Å². The van der Waals surface area contributed by atoms with Gasteiger partial charge in [0.1, 0.15) is 6.04 Å². The molecular formula is C9H18N2O4S. The Morgan fingerprint density at radius 3 is 2.50 bits per heavy atom. The lowest BCUT2D eigenvalue weighted by molar-refractivity contribution is -0.140. The van der Waals surface area contributed by atoms with Gasteiger partial charge in [-0.25, -0.2) is 0 Å². The summed E-state index contributed by atoms with van der Waals surface area (Å²) in [5.74, 6) is -1.07. The zero-order chi connectivity index (χ0) is 12.5. The maximum Gasteiger partial charge on any atom is 0.322 e. The molecule has 16 heavy (non-hydrogen) atoms. The SMILES string of the molecule is CC(C)N(C)S(=O)(=O)N1CCC[C@H]1C(=O)O. The average Bonchev–Trinajstić information content (AvgIpc) is 2.65. The van der Waals surface area contributed by atoms with Gasteiger partial charge in [-0.05, 0) is 26.7 Å². The number of carboxylic acids is 1. The van der Waals surface area contributed by atoms with Gasteiger partial charge in [-0.3, -0.25) is 4.79 Å². The highest BCUT2D eigenvalue weighted by Crippen LogP contribution is 2.23. The number of nitrogens with zero attached hydrogens (tertiary/aromatic N) is 2. The average molecular weight is 250 g/mol. The van der Waals surface area contributed by atoms with Crippen molar-refractivity contribution >= 4 is 16.2 Å². The summed E-state index contributed by atoms with van der Waals surface area (Å²) in [6.07, 6.45) is 0.989. The Kier molecular flexibility index (Phi) is 3.92. The van der Waals surface area contributed by atoms with Crippen LogP contribution in [0.1, 0.15) is 26.7 Å². The van der Waals surface area contributed by atoms with Gasteiger partial charge >= 0.3 is 5.97 Å². The predicted octanol–water partition coefficient (Wildman–Crippen LogP) is 0.120. The predicted molar refractivity (Wildman–Crippen MR) is 59.2 cm³/mol. The van der Waals surface area contributed by atoms with Crippen LogP contribution in [0.15, 0.2) is 0 Å². The van der Waals surface area contributed by atoms with Crippen molar-refractivity contribution in [1.82, 2.24) is 8.61 Å². The first-order valence-electron chi connectivity index (χ1n) is 5.26. The minimum absolute atomic E-state index is 0.181. The second-order valence-electron chi connectivity index (χ2n) is 4.22. The fourth-order valence-corrected chi connectivity index (χ4v) is 3.44. The molecular weight excluding hydrogens is 232 g/mol. The molecule has 1 fully saturated rings. The Balaban J connectivity index is 2.95. The number of carboxylic acid groups (broad SMARTS) is 1. The first-order valence-corrected chi connectivity index (χ1v) is 6.65. The molecule has 1 atom stereocenters. The molecule has 0 radical (unpaired) electrons. The van der Waals surface area contributed by atoms with Crippen LogP contribution < -0.4 is 0 Å². The molecule has 0 saturated carbocycles. The largest absolute Gasteiger partial charge is 0.480 e. The van der Waals surface area contributed by atoms with Crippen LogP contribution in [-0.2, 0) is 15.0 Å². The van der Waals surface area contributed by atoms with Crippen LogP contribution in [-0.4, -0.2) is 53.8 Å². The Bertz CT molecular complexity index is 366. The fraction of sp³-hybridized carbons (Fsp3) is 0.889. The second-order valence-corrected chi connectivity index (χ2v) is 6.17. The summed E-state index contributed by atoms with van der Waals surface area (Å²) in [4.78, 5) is 10.9. The fourth-order valence-electron chi connectivity index (χ4n) is 1.69. The summed E-state index contributed by atoms with van der Waals surface area (Å²) in [5.41, 5.74) is 0. The van der Waals surface area contributed by atoms with Crippen LogP contribution >= 0.6 is 0 Å². The number of rotatable bonds is 4. The van der Waals surface area contributed by atoms with E-state index in [0.717, 1.165) is 4.31 Å². The van der Waals surface area contributed by atoms with Crippen molar-refractivity contribution in [3.05, 3.63) is 0 Å². The molecule has 1 N–H and O–H groups in total. The van der Waals surface area contributed by atoms with E-state index < -0.39 is 22.2 Å². The molecule has 1 heterocycles. The summed E-state index contributed by atoms with van der Waals surface area (Å²) >= 11 is 0. The molecule has 0 aromatic heterocycles. The minimum Gasteiger partial charge on any atom is -0.480 e. The summed E-state index contributed by atoms with van der Waals surface area (Å²) in [5, 5.41) is 8.94. The van der Waals surface area contributed by atoms with Gasteiger partial charge in [0.25, 0.3) is 10.2 Å². The number of hydrogen-bond donors (Lipinski definition) is 1. The van der Waals surface area contributed by atoms with Crippen molar-refractivity contribution in [3.63, 3.8) is 0 Å². The normalized spacial score (nSPS) is 23.2. The van der Waals surface area contributed by atoms with Gasteiger partial charge in [-0.2, -0.15) is 17.0 Å². The number of carbonyl (C=O) groups is 1. The molecule has 0 aliphatic carbocycles. The Morgan fingerprint density at radius 2 is 2.06 bits per heavy atom. The van der Waals surface area contributed by atoms with Gasteiger partial charge < -0.3 is 5.11 Å². The molecule has 0 unspecified atom stereocenters. The number of aliphatic carboxylic acids is 1. The molecule has 1 saturated heterocycles. The summed E-state index contributed by atoms with van der Waals surface area (Å²) in [7, 11) is -2.18. The lowest BCUT2D eigenvalue weighted by Gasteiger charge is -2.29. The zero-order valence-corrected chi connectivity index (χ0v) is 10.6. The van der Waals surface area contributed by atoms with Gasteiger partial charge in [-0.15, -0.1) is 0 Å². The maximum absolute atomic E-state index is 12.1. The molecule has 94 valence electrons. The van der Waals surface area contributed by atoms with Gasteiger partial charge in [0.15, 0.2) is 0 Å². The van der Waals surface area contributed by atoms with Crippen molar-refractivity contribution < 1.29 is 18.3 Å². The van der Waals surface area contributed by atoms with Crippen LogP contribution in [0.2, 0.25) is 0 Å². The highest BCUT2D eigenvalue weighted by atomic mass is 32.2. The van der Waals surface area contributed by atoms with E-state index in [9.17, 15) is 13.2 Å². The second kappa shape index (κ2) is 4.68. The van der Waals surface area contributed by atoms with E-state index in [1.54, 1.807) is 13.8 Å². The Hall–Kier alpha value is -0.660. The van der Waals surface area contributed by atoms with E-state index in [4.69, 9.17) is 5.11 Å². The summed E-state index contributed by atoms with van der Waals surface area (Å²) in [6, 6.07) is -1.09. The van der Waals surface area contributed by atoms with Crippen LogP contribution in [0.4, 0.5) is 0 Å². The monoisotopic (exact) mass is 250 g/mol. The Morgan fingerprint density at radius 1 is 1.50 bits per heavy atom. The van der Waals surface area contributed by atoms with Gasteiger partial charge in [0.2, 0.25) is 0 Å². The van der Waals surface area contributed by atoms with Crippen molar-refractivity contribution in [3.8, 4) is 0 Å². The number of hydrogen-bond acceptors (Lipinski definition) is 3. The first-order chi connectivity index (χ1) is 7.28. The van der Waals surface area contributed by atoms with Gasteiger partial charge in [-0.1, -0.05) is 0 Å². The van der Waals surface area contributed by atoms with Crippen LogP contribution in [0.25, 0.3) is 0 Å². The van der Waals surface area contributed by atoms with E-state index in [1.807, 2.05) is 0 Å². The molecule has 6 nitrogen and oxygen atoms in total. The van der Waals surface area contributed by atoms with E-state index in [-0.39, 0.29) is 12.6 Å². The van der Waals surface area contributed by atoms with Crippen molar-refractivity contribution in [2.45, 2.75) is 38.8 Å². The van der Waals surface area contributed by atoms with Crippen LogP contribution in [0.5, 0.6) is 0 Å². The van der Waals surface area contributed by atoms with E-state index in [0.29, 0.717) is 12.8 Å². The molecule has 1 aliphatic rings. The molecule has 0 spiro atoms. The maximum atomic E-state index is 12.1. The first kappa shape index (κ1) is 13.4. The third kappa shape index (κ3) is 2.36. The third-order valence-electron chi connectivity index (χ3n) is 2.88. The van der Waals surface area contributed by atoms with Crippen molar-refractivity contribution in [2.75, 3.05) is 13.6 Å². The third-order valence-corrected chi connectivity index (χ3v) is 5.06. The highest BCUT2D eigenvalue weighted by molar-refractivity contribution is 7.86. The van der Waals surface area contributed by atoms with Crippen molar-refractivity contribution in [2.24, 2.45) is 0 Å². The quantitative estimate of drug-likeness (QED) is 0.768. The van der Waals surface area contributed by atoms with E-state index in [1.165, 1.54) is 11.4 Å². The van der Waals surface area contributed by atoms with E-state index >= 15 is 0 Å². The molecule has 0 amide bonds. The van der Waals surface area contributed by atoms with Crippen LogP contribution in [0.3, 0.4) is 0 Å². The zero-order valence-electron chi connectivity index (χ0n) is 9.75. The minimum atomic E-state index is -3.65. The summed E-state index contributed by atoms with van der Waals surface area (Å²) < 4.78 is 26.4. The van der Waals surface area contributed by atoms with Gasteiger partial charge in [0, 0.05) is 19.6 Å². The smallest absolute Gasteiger partial charge is 0.322 e. The lowest BCUT2D eigenvalue weighted by atomic mass is 10.2. The molecule has 0 aromatic carbocycles. The van der Waals surface area contributed by atoms with Crippen LogP contribution in [0, 0.1) is 0 Å². The Labute approximate surface area is 96.0 Å². The highest BCUT2D eigenvalue weighted by Gasteiger charge is 2.41. The summed E-state index contributed by atoms with van der Waals surface area (Å²) in [6.45, 7) is 3.79. The molecule has 1 aliphatic heterocycles. The lowest BCUT2D eigenvalue weighted by Crippen LogP contribution is -2.49. The molecule has 7 heteroatoms. The van der Waals surface area contributed by atoms with Gasteiger partial charge in [0.05, 0.1) is 0 Å². The topological polar surface area (TPSA) is 77.9 Å².